The van der Waals surface area contributed by atoms with Gasteiger partial charge in [0.05, 0.1) is 0 Å². The lowest BCUT2D eigenvalue weighted by molar-refractivity contribution is -0.468. The van der Waals surface area contributed by atoms with E-state index in [1.54, 1.807) is 22.8 Å². The molecular weight excluding hydrogens is 216 g/mol. The molecule has 0 saturated carbocycles. The van der Waals surface area contributed by atoms with Gasteiger partial charge in [-0.05, 0) is 23.4 Å². The molecule has 0 amide bonds. The van der Waals surface area contributed by atoms with Crippen molar-refractivity contribution in [2.45, 2.75) is 0 Å². The van der Waals surface area contributed by atoms with Gasteiger partial charge in [-0.2, -0.15) is 0 Å². The van der Waals surface area contributed by atoms with E-state index in [4.69, 9.17) is 16.4 Å². The Morgan fingerprint density at radius 2 is 2.27 bits per heavy atom. The molecule has 0 aliphatic carbocycles. The van der Waals surface area contributed by atoms with Crippen LogP contribution in [-0.4, -0.2) is 40.2 Å². The predicted molar refractivity (Wildman–Crippen MR) is 57.3 cm³/mol. The zero-order chi connectivity index (χ0) is 10.8. The molecule has 0 unspecified atom stereocenters. The summed E-state index contributed by atoms with van der Waals surface area (Å²) in [7, 11) is 3.71. The summed E-state index contributed by atoms with van der Waals surface area (Å²) in [5.41, 5.74) is 1.48. The van der Waals surface area contributed by atoms with Gasteiger partial charge >= 0.3 is 6.40 Å². The molecule has 1 heterocycles. The van der Waals surface area contributed by atoms with Crippen molar-refractivity contribution in [2.24, 2.45) is 0 Å². The van der Waals surface area contributed by atoms with Crippen molar-refractivity contribution in [1.82, 2.24) is 15.2 Å². The van der Waals surface area contributed by atoms with E-state index in [2.05, 4.69) is 10.3 Å². The van der Waals surface area contributed by atoms with Crippen LogP contribution < -0.4 is 4.84 Å². The molecule has 0 fully saturated rings. The Bertz CT molecular complexity index is 516. The highest BCUT2D eigenvalue weighted by atomic mass is 35.5. The molecule has 2 rings (SSSR count). The van der Waals surface area contributed by atoms with Gasteiger partial charge in [-0.25, -0.2) is 4.58 Å². The van der Waals surface area contributed by atoms with E-state index in [1.165, 1.54) is 11.2 Å². The maximum atomic E-state index is 5.87. The molecule has 78 valence electrons. The number of halogens is 1. The fraction of sp³-hybridized carbons (Fsp3) is 0.222. The van der Waals surface area contributed by atoms with Crippen LogP contribution in [0.4, 0.5) is 0 Å². The van der Waals surface area contributed by atoms with E-state index in [0.29, 0.717) is 5.02 Å². The fourth-order valence-corrected chi connectivity index (χ4v) is 1.25. The molecule has 1 aromatic carbocycles. The van der Waals surface area contributed by atoms with Gasteiger partial charge in [-0.15, -0.1) is 5.10 Å². The average molecular weight is 226 g/mol. The largest absolute Gasteiger partial charge is 0.351 e. The minimum Gasteiger partial charge on any atom is -0.299 e. The lowest BCUT2D eigenvalue weighted by Crippen LogP contribution is -2.16. The highest BCUT2D eigenvalue weighted by molar-refractivity contribution is 6.31. The molecule has 6 heteroatoms. The summed E-state index contributed by atoms with van der Waals surface area (Å²) in [5, 5.41) is 8.39. The molecule has 0 radical (unpaired) electrons. The first-order valence-electron chi connectivity index (χ1n) is 4.35. The Balaban J connectivity index is 2.43. The van der Waals surface area contributed by atoms with Crippen LogP contribution in [0.5, 0.6) is 0 Å². The van der Waals surface area contributed by atoms with Crippen molar-refractivity contribution < 1.29 is 9.41 Å². The smallest absolute Gasteiger partial charge is 0.299 e. The van der Waals surface area contributed by atoms with Gasteiger partial charge in [0.25, 0.3) is 0 Å². The van der Waals surface area contributed by atoms with Crippen LogP contribution in [0.25, 0.3) is 11.0 Å². The normalized spacial score (nSPS) is 10.3. The van der Waals surface area contributed by atoms with E-state index in [0.717, 1.165) is 11.0 Å². The molecule has 5 nitrogen and oxygen atoms in total. The first-order chi connectivity index (χ1) is 7.16. The second kappa shape index (κ2) is 3.86. The first-order valence-corrected chi connectivity index (χ1v) is 4.72. The van der Waals surface area contributed by atoms with Gasteiger partial charge in [0.15, 0.2) is 0 Å². The Morgan fingerprint density at radius 3 is 3.00 bits per heavy atom. The van der Waals surface area contributed by atoms with Crippen molar-refractivity contribution in [1.29, 1.82) is 0 Å². The van der Waals surface area contributed by atoms with Crippen LogP contribution >= 0.6 is 11.6 Å². The van der Waals surface area contributed by atoms with E-state index in [9.17, 15) is 0 Å². The second-order valence-corrected chi connectivity index (χ2v) is 3.71. The van der Waals surface area contributed by atoms with E-state index >= 15 is 0 Å². The Morgan fingerprint density at radius 1 is 1.47 bits per heavy atom. The van der Waals surface area contributed by atoms with Gasteiger partial charge in [0, 0.05) is 5.02 Å². The molecule has 0 bridgehead atoms. The van der Waals surface area contributed by atoms with Crippen molar-refractivity contribution in [3.05, 3.63) is 23.2 Å². The van der Waals surface area contributed by atoms with Crippen LogP contribution in [0.3, 0.4) is 0 Å². The molecule has 0 atom stereocenters. The average Bonchev–Trinajstić information content (AvgIpc) is 2.57. The monoisotopic (exact) mass is 225 g/mol. The van der Waals surface area contributed by atoms with Crippen LogP contribution in [0.1, 0.15) is 0 Å². The van der Waals surface area contributed by atoms with Gasteiger partial charge in [0.1, 0.15) is 25.1 Å². The molecule has 0 N–H and O–H groups in total. The maximum absolute atomic E-state index is 5.87. The molecule has 1 aromatic heterocycles. The quantitative estimate of drug-likeness (QED) is 0.432. The molecule has 0 aliphatic heterocycles. The standard InChI is InChI=1S/C9H10ClN4O/c1-13(2)6-15-14-9-5-7(10)3-4-8(9)11-12-14/h3-6H,1-2H3/q+1. The molecular formula is C9H10ClN4O+. The number of hydrogen-bond acceptors (Lipinski definition) is 3. The van der Waals surface area contributed by atoms with Gasteiger partial charge in [-0.3, -0.25) is 4.84 Å². The van der Waals surface area contributed by atoms with Crippen LogP contribution in [0.15, 0.2) is 18.2 Å². The molecule has 15 heavy (non-hydrogen) atoms. The van der Waals surface area contributed by atoms with Crippen molar-refractivity contribution in [3.8, 4) is 0 Å². The number of rotatable bonds is 2. The van der Waals surface area contributed by atoms with Crippen LogP contribution in [0, 0.1) is 0 Å². The van der Waals surface area contributed by atoms with Gasteiger partial charge in [0.2, 0.25) is 0 Å². The zero-order valence-corrected chi connectivity index (χ0v) is 9.14. The highest BCUT2D eigenvalue weighted by Crippen LogP contribution is 2.15. The second-order valence-electron chi connectivity index (χ2n) is 3.27. The predicted octanol–water partition coefficient (Wildman–Crippen LogP) is 0.814. The lowest BCUT2D eigenvalue weighted by Gasteiger charge is -1.96. The number of nitrogens with zero attached hydrogens (tertiary/aromatic N) is 4. The van der Waals surface area contributed by atoms with Crippen molar-refractivity contribution in [3.63, 3.8) is 0 Å². The summed E-state index contributed by atoms with van der Waals surface area (Å²) in [5.74, 6) is 0. The SMILES string of the molecule is C[N+](C)=COn1nnc2ccc(Cl)cc21. The number of fused-ring (bicyclic) bond motifs is 1. The van der Waals surface area contributed by atoms with Crippen LogP contribution in [-0.2, 0) is 0 Å². The summed E-state index contributed by atoms with van der Waals surface area (Å²) in [4.78, 5) is 6.58. The topological polar surface area (TPSA) is 43.0 Å². The Labute approximate surface area is 91.5 Å². The third-order valence-corrected chi connectivity index (χ3v) is 1.97. The molecule has 0 aliphatic rings. The molecule has 2 aromatic rings. The highest BCUT2D eigenvalue weighted by Gasteiger charge is 2.05. The maximum Gasteiger partial charge on any atom is 0.351 e. The third-order valence-electron chi connectivity index (χ3n) is 1.74. The minimum absolute atomic E-state index is 0.625. The first kappa shape index (κ1) is 9.92. The minimum atomic E-state index is 0.625. The van der Waals surface area contributed by atoms with Crippen molar-refractivity contribution >= 4 is 29.0 Å². The van der Waals surface area contributed by atoms with Crippen LogP contribution in [0.2, 0.25) is 5.02 Å². The van der Waals surface area contributed by atoms with Crippen molar-refractivity contribution in [2.75, 3.05) is 14.1 Å². The summed E-state index contributed by atoms with van der Waals surface area (Å²) in [6.07, 6.45) is 1.52. The van der Waals surface area contributed by atoms with Gasteiger partial charge < -0.3 is 0 Å². The lowest BCUT2D eigenvalue weighted by atomic mass is 10.3. The number of benzene rings is 1. The summed E-state index contributed by atoms with van der Waals surface area (Å²) >= 11 is 5.87. The third kappa shape index (κ3) is 2.07. The van der Waals surface area contributed by atoms with E-state index in [-0.39, 0.29) is 0 Å². The van der Waals surface area contributed by atoms with Gasteiger partial charge in [-0.1, -0.05) is 16.4 Å². The zero-order valence-electron chi connectivity index (χ0n) is 8.38. The Hall–Kier alpha value is -1.62. The van der Waals surface area contributed by atoms with E-state index < -0.39 is 0 Å². The fourth-order valence-electron chi connectivity index (χ4n) is 1.09. The molecule has 0 spiro atoms. The summed E-state index contributed by atoms with van der Waals surface area (Å²) < 4.78 is 1.76. The van der Waals surface area contributed by atoms with E-state index in [1.807, 2.05) is 14.1 Å². The number of hydrogen-bond donors (Lipinski definition) is 0. The molecule has 0 saturated heterocycles. The Kier molecular flexibility index (Phi) is 2.55. The number of aromatic nitrogens is 3. The summed E-state index contributed by atoms with van der Waals surface area (Å²) in [6, 6.07) is 5.30. The summed E-state index contributed by atoms with van der Waals surface area (Å²) in [6.45, 7) is 0.